The van der Waals surface area contributed by atoms with Crippen LogP contribution in [0, 0.1) is 11.7 Å². The highest BCUT2D eigenvalue weighted by atomic mass is 35.5. The molecule has 0 amide bonds. The van der Waals surface area contributed by atoms with Crippen molar-refractivity contribution >= 4 is 27.3 Å². The van der Waals surface area contributed by atoms with Gasteiger partial charge < -0.3 is 4.84 Å². The van der Waals surface area contributed by atoms with Gasteiger partial charge in [-0.2, -0.15) is 4.31 Å². The minimum Gasteiger partial charge on any atom is -0.390 e. The van der Waals surface area contributed by atoms with Gasteiger partial charge in [0.05, 0.1) is 33.7 Å². The van der Waals surface area contributed by atoms with Gasteiger partial charge in [-0.1, -0.05) is 65.3 Å². The fraction of sp³-hybridized carbons (Fsp3) is 0.174. The maximum atomic E-state index is 14.4. The average Bonchev–Trinajstić information content (AvgIpc) is 3.37. The third kappa shape index (κ3) is 3.52. The molecule has 8 heteroatoms. The zero-order valence-corrected chi connectivity index (χ0v) is 17.9. The molecule has 158 valence electrons. The third-order valence-electron chi connectivity index (χ3n) is 5.69. The first-order valence-electron chi connectivity index (χ1n) is 9.79. The van der Waals surface area contributed by atoms with E-state index in [1.165, 1.54) is 16.4 Å². The lowest BCUT2D eigenvalue weighted by Crippen LogP contribution is -2.30. The molecule has 0 aromatic heterocycles. The summed E-state index contributed by atoms with van der Waals surface area (Å²) in [5.74, 6) is -0.888. The highest BCUT2D eigenvalue weighted by Crippen LogP contribution is 2.36. The van der Waals surface area contributed by atoms with E-state index >= 15 is 0 Å². The predicted molar refractivity (Wildman–Crippen MR) is 117 cm³/mol. The van der Waals surface area contributed by atoms with Gasteiger partial charge in [0.15, 0.2) is 6.10 Å². The minimum absolute atomic E-state index is 0.145. The summed E-state index contributed by atoms with van der Waals surface area (Å²) in [5, 5.41) is 4.24. The van der Waals surface area contributed by atoms with Gasteiger partial charge in [0.1, 0.15) is 5.82 Å². The topological polar surface area (TPSA) is 59.0 Å². The van der Waals surface area contributed by atoms with Crippen molar-refractivity contribution in [3.8, 4) is 11.1 Å². The Morgan fingerprint density at radius 2 is 1.65 bits per heavy atom. The number of rotatable bonds is 4. The number of sulfonamides is 1. The molecule has 1 saturated heterocycles. The molecule has 2 heterocycles. The molecule has 0 radical (unpaired) electrons. The maximum absolute atomic E-state index is 14.4. The number of benzene rings is 3. The Morgan fingerprint density at radius 1 is 0.935 bits per heavy atom. The lowest BCUT2D eigenvalue weighted by molar-refractivity contribution is 0.0803. The first-order valence-corrected chi connectivity index (χ1v) is 11.6. The number of nitrogens with zero attached hydrogens (tertiary/aromatic N) is 2. The lowest BCUT2D eigenvalue weighted by atomic mass is 9.94. The second-order valence-corrected chi connectivity index (χ2v) is 9.88. The van der Waals surface area contributed by atoms with E-state index in [1.807, 2.05) is 30.3 Å². The van der Waals surface area contributed by atoms with Gasteiger partial charge in [-0.25, -0.2) is 12.8 Å². The molecule has 0 bridgehead atoms. The molecule has 0 saturated carbocycles. The van der Waals surface area contributed by atoms with E-state index in [9.17, 15) is 12.8 Å². The molecule has 31 heavy (non-hydrogen) atoms. The number of halogens is 2. The standard InChI is InChI=1S/C23H18ClFN2O3S/c24-19-7-4-8-20(25)22(19)23-18-13-27(14-21(18)30-26-23)31(28,29)17-11-9-16(10-12-17)15-5-2-1-3-6-15/h1-12,18,21H,13-14H2. The molecule has 0 spiro atoms. The molecule has 3 aromatic carbocycles. The van der Waals surface area contributed by atoms with Crippen LogP contribution in [-0.2, 0) is 14.9 Å². The zero-order chi connectivity index (χ0) is 21.6. The number of fused-ring (bicyclic) bond motifs is 1. The van der Waals surface area contributed by atoms with E-state index in [0.717, 1.165) is 11.1 Å². The Balaban J connectivity index is 1.39. The van der Waals surface area contributed by atoms with Crippen LogP contribution in [0.3, 0.4) is 0 Å². The molecule has 3 aromatic rings. The predicted octanol–water partition coefficient (Wildman–Crippen LogP) is 4.57. The molecule has 2 atom stereocenters. The first kappa shape index (κ1) is 20.2. The SMILES string of the molecule is O=S(=O)(c1ccc(-c2ccccc2)cc1)N1CC2ON=C(c3c(F)cccc3Cl)C2C1. The van der Waals surface area contributed by atoms with Gasteiger partial charge >= 0.3 is 0 Å². The minimum atomic E-state index is -3.73. The largest absolute Gasteiger partial charge is 0.390 e. The van der Waals surface area contributed by atoms with Gasteiger partial charge in [0.25, 0.3) is 0 Å². The van der Waals surface area contributed by atoms with Gasteiger partial charge in [-0.05, 0) is 35.4 Å². The van der Waals surface area contributed by atoms with Crippen LogP contribution in [0.25, 0.3) is 11.1 Å². The molecule has 0 aliphatic carbocycles. The molecule has 1 fully saturated rings. The van der Waals surface area contributed by atoms with Crippen LogP contribution < -0.4 is 0 Å². The highest BCUT2D eigenvalue weighted by Gasteiger charge is 2.47. The summed E-state index contributed by atoms with van der Waals surface area (Å²) in [7, 11) is -3.73. The third-order valence-corrected chi connectivity index (χ3v) is 7.85. The van der Waals surface area contributed by atoms with Crippen LogP contribution in [0.2, 0.25) is 5.02 Å². The highest BCUT2D eigenvalue weighted by molar-refractivity contribution is 7.89. The monoisotopic (exact) mass is 456 g/mol. The normalized spacial score (nSPS) is 20.9. The van der Waals surface area contributed by atoms with Gasteiger partial charge in [0, 0.05) is 6.54 Å². The number of hydrogen-bond donors (Lipinski definition) is 0. The van der Waals surface area contributed by atoms with Crippen molar-refractivity contribution in [2.75, 3.05) is 13.1 Å². The molecule has 2 unspecified atom stereocenters. The lowest BCUT2D eigenvalue weighted by Gasteiger charge is -2.17. The van der Waals surface area contributed by atoms with Crippen LogP contribution in [0.4, 0.5) is 4.39 Å². The van der Waals surface area contributed by atoms with Crippen molar-refractivity contribution in [1.29, 1.82) is 0 Å². The molecular weight excluding hydrogens is 439 g/mol. The van der Waals surface area contributed by atoms with Crippen molar-refractivity contribution in [2.24, 2.45) is 11.1 Å². The van der Waals surface area contributed by atoms with Crippen LogP contribution in [0.5, 0.6) is 0 Å². The van der Waals surface area contributed by atoms with E-state index in [-0.39, 0.29) is 34.5 Å². The van der Waals surface area contributed by atoms with Crippen molar-refractivity contribution in [2.45, 2.75) is 11.0 Å². The summed E-state index contributed by atoms with van der Waals surface area (Å²) in [6.07, 6.45) is -0.468. The first-order chi connectivity index (χ1) is 14.9. The molecule has 5 rings (SSSR count). The van der Waals surface area contributed by atoms with Crippen LogP contribution in [0.1, 0.15) is 5.56 Å². The smallest absolute Gasteiger partial charge is 0.243 e. The Labute approximate surface area is 184 Å². The van der Waals surface area contributed by atoms with Gasteiger partial charge in [0.2, 0.25) is 10.0 Å². The Hall–Kier alpha value is -2.74. The van der Waals surface area contributed by atoms with Crippen LogP contribution >= 0.6 is 11.6 Å². The summed E-state index contributed by atoms with van der Waals surface area (Å²) < 4.78 is 42.2. The summed E-state index contributed by atoms with van der Waals surface area (Å²) >= 11 is 6.18. The Bertz CT molecular complexity index is 1240. The molecule has 2 aliphatic rings. The van der Waals surface area contributed by atoms with Gasteiger partial charge in [-0.3, -0.25) is 0 Å². The molecule has 0 N–H and O–H groups in total. The summed E-state index contributed by atoms with van der Waals surface area (Å²) in [4.78, 5) is 5.65. The molecule has 5 nitrogen and oxygen atoms in total. The summed E-state index contributed by atoms with van der Waals surface area (Å²) in [6, 6.07) is 20.9. The van der Waals surface area contributed by atoms with E-state index < -0.39 is 21.9 Å². The van der Waals surface area contributed by atoms with E-state index in [0.29, 0.717) is 5.71 Å². The summed E-state index contributed by atoms with van der Waals surface area (Å²) in [6.45, 7) is 0.295. The second-order valence-electron chi connectivity index (χ2n) is 7.54. The van der Waals surface area contributed by atoms with Crippen LogP contribution in [0.15, 0.2) is 82.8 Å². The van der Waals surface area contributed by atoms with Crippen molar-refractivity contribution in [3.05, 3.63) is 89.2 Å². The quantitative estimate of drug-likeness (QED) is 0.577. The van der Waals surface area contributed by atoms with Crippen molar-refractivity contribution in [1.82, 2.24) is 4.31 Å². The number of oxime groups is 1. The van der Waals surface area contributed by atoms with Crippen molar-refractivity contribution in [3.63, 3.8) is 0 Å². The van der Waals surface area contributed by atoms with E-state index in [2.05, 4.69) is 5.16 Å². The Morgan fingerprint density at radius 3 is 2.35 bits per heavy atom. The van der Waals surface area contributed by atoms with E-state index in [1.54, 1.807) is 30.3 Å². The molecule has 2 aliphatic heterocycles. The average molecular weight is 457 g/mol. The molecular formula is C23H18ClFN2O3S. The summed E-state index contributed by atoms with van der Waals surface area (Å²) in [5.41, 5.74) is 2.47. The zero-order valence-electron chi connectivity index (χ0n) is 16.3. The van der Waals surface area contributed by atoms with Crippen LogP contribution in [-0.4, -0.2) is 37.6 Å². The second kappa shape index (κ2) is 7.75. The fourth-order valence-corrected chi connectivity index (χ4v) is 5.81. The number of hydrogen-bond acceptors (Lipinski definition) is 4. The fourth-order valence-electron chi connectivity index (χ4n) is 4.07. The van der Waals surface area contributed by atoms with Gasteiger partial charge in [-0.15, -0.1) is 0 Å². The maximum Gasteiger partial charge on any atom is 0.243 e. The Kier molecular flexibility index (Phi) is 5.04. The van der Waals surface area contributed by atoms with Crippen molar-refractivity contribution < 1.29 is 17.6 Å². The van der Waals surface area contributed by atoms with E-state index in [4.69, 9.17) is 16.4 Å².